The van der Waals surface area contributed by atoms with Crippen LogP contribution in [0.15, 0.2) is 12.4 Å². The minimum Gasteiger partial charge on any atom is -0.434 e. The maximum absolute atomic E-state index is 11.5. The lowest BCUT2D eigenvalue weighted by Gasteiger charge is -2.17. The molecule has 0 aliphatic rings. The fourth-order valence-corrected chi connectivity index (χ4v) is 1.58. The molecule has 5 nitrogen and oxygen atoms in total. The van der Waals surface area contributed by atoms with E-state index in [1.807, 2.05) is 0 Å². The highest BCUT2D eigenvalue weighted by molar-refractivity contribution is 5.81. The van der Waals surface area contributed by atoms with E-state index in [4.69, 9.17) is 4.74 Å². The Bertz CT molecular complexity index is 398. The molecule has 0 radical (unpaired) electrons. The van der Waals surface area contributed by atoms with E-state index in [0.29, 0.717) is 0 Å². The van der Waals surface area contributed by atoms with Gasteiger partial charge in [-0.15, -0.1) is 0 Å². The Morgan fingerprint density at radius 1 is 1.47 bits per heavy atom. The Hall–Kier alpha value is -1.65. The number of carbonyl (C=O) groups excluding carboxylic acids is 2. The number of nitrogens with zero attached hydrogens (tertiary/aromatic N) is 2. The second kappa shape index (κ2) is 6.18. The van der Waals surface area contributed by atoms with E-state index < -0.39 is 12.2 Å². The summed E-state index contributed by atoms with van der Waals surface area (Å²) < 4.78 is 6.64. The predicted octanol–water partition coefficient (Wildman–Crippen LogP) is 1.88. The van der Waals surface area contributed by atoms with Gasteiger partial charge in [0.25, 0.3) is 0 Å². The van der Waals surface area contributed by atoms with Crippen molar-refractivity contribution in [3.63, 3.8) is 0 Å². The van der Waals surface area contributed by atoms with Crippen molar-refractivity contribution in [1.82, 2.24) is 9.55 Å². The summed E-state index contributed by atoms with van der Waals surface area (Å²) in [5.74, 6) is 0.0876. The maximum atomic E-state index is 11.5. The quantitative estimate of drug-likeness (QED) is 0.710. The average molecular weight is 238 g/mol. The van der Waals surface area contributed by atoms with Crippen molar-refractivity contribution in [2.24, 2.45) is 0 Å². The zero-order valence-corrected chi connectivity index (χ0v) is 10.5. The summed E-state index contributed by atoms with van der Waals surface area (Å²) in [5.41, 5.74) is 0. The normalized spacial score (nSPS) is 12.2. The van der Waals surface area contributed by atoms with Crippen LogP contribution in [0.3, 0.4) is 0 Å². The van der Waals surface area contributed by atoms with E-state index in [2.05, 4.69) is 11.9 Å². The number of imidazole rings is 1. The van der Waals surface area contributed by atoms with Crippen LogP contribution in [0.1, 0.15) is 45.7 Å². The number of ether oxygens (including phenoxy) is 1. The molecule has 1 aromatic heterocycles. The van der Waals surface area contributed by atoms with Gasteiger partial charge in [0.1, 0.15) is 5.82 Å². The number of ketones is 1. The van der Waals surface area contributed by atoms with Gasteiger partial charge in [0.15, 0.2) is 5.78 Å². The lowest BCUT2D eigenvalue weighted by molar-refractivity contribution is -0.158. The SMILES string of the molecule is CCCCc1nccn1C(OC(C)=O)C(C)=O. The van der Waals surface area contributed by atoms with E-state index in [1.54, 1.807) is 17.0 Å². The molecule has 0 aromatic carbocycles. The fourth-order valence-electron chi connectivity index (χ4n) is 1.58. The van der Waals surface area contributed by atoms with E-state index in [9.17, 15) is 9.59 Å². The smallest absolute Gasteiger partial charge is 0.304 e. The van der Waals surface area contributed by atoms with Crippen LogP contribution in [0.2, 0.25) is 0 Å². The van der Waals surface area contributed by atoms with E-state index in [-0.39, 0.29) is 5.78 Å². The summed E-state index contributed by atoms with van der Waals surface area (Å²) >= 11 is 0. The number of hydrogen-bond acceptors (Lipinski definition) is 4. The van der Waals surface area contributed by atoms with E-state index >= 15 is 0 Å². The number of Topliss-reactive ketones (excluding diaryl/α,β-unsaturated/α-hetero) is 1. The largest absolute Gasteiger partial charge is 0.434 e. The van der Waals surface area contributed by atoms with Crippen molar-refractivity contribution < 1.29 is 14.3 Å². The molecule has 0 saturated heterocycles. The first-order valence-corrected chi connectivity index (χ1v) is 5.75. The average Bonchev–Trinajstić information content (AvgIpc) is 2.70. The molecule has 1 atom stereocenters. The van der Waals surface area contributed by atoms with Gasteiger partial charge < -0.3 is 4.74 Å². The minimum atomic E-state index is -0.887. The lowest BCUT2D eigenvalue weighted by atomic mass is 10.2. The maximum Gasteiger partial charge on any atom is 0.304 e. The Balaban J connectivity index is 2.89. The van der Waals surface area contributed by atoms with Crippen molar-refractivity contribution in [3.8, 4) is 0 Å². The monoisotopic (exact) mass is 238 g/mol. The molecule has 0 N–H and O–H groups in total. The molecule has 0 saturated carbocycles. The molecular formula is C12H18N2O3. The van der Waals surface area contributed by atoms with Crippen molar-refractivity contribution >= 4 is 11.8 Å². The van der Waals surface area contributed by atoms with Gasteiger partial charge in [-0.1, -0.05) is 13.3 Å². The Kier molecular flexibility index (Phi) is 4.87. The fraction of sp³-hybridized carbons (Fsp3) is 0.583. The Morgan fingerprint density at radius 2 is 2.18 bits per heavy atom. The topological polar surface area (TPSA) is 61.2 Å². The predicted molar refractivity (Wildman–Crippen MR) is 62.3 cm³/mol. The number of hydrogen-bond donors (Lipinski definition) is 0. The van der Waals surface area contributed by atoms with Gasteiger partial charge in [-0.05, 0) is 6.42 Å². The standard InChI is InChI=1S/C12H18N2O3/c1-4-5-6-11-13-7-8-14(11)12(9(2)15)17-10(3)16/h7-8,12H,4-6H2,1-3H3. The van der Waals surface area contributed by atoms with Crippen LogP contribution in [0.25, 0.3) is 0 Å². The summed E-state index contributed by atoms with van der Waals surface area (Å²) in [4.78, 5) is 26.6. The second-order valence-electron chi connectivity index (χ2n) is 3.93. The summed E-state index contributed by atoms with van der Waals surface area (Å²) in [5, 5.41) is 0. The third-order valence-corrected chi connectivity index (χ3v) is 2.38. The molecule has 1 aromatic rings. The highest BCUT2D eigenvalue weighted by atomic mass is 16.6. The second-order valence-corrected chi connectivity index (χ2v) is 3.93. The highest BCUT2D eigenvalue weighted by Crippen LogP contribution is 2.15. The number of aromatic nitrogens is 2. The van der Waals surface area contributed by atoms with Gasteiger partial charge in [0.2, 0.25) is 6.23 Å². The van der Waals surface area contributed by atoms with Crippen LogP contribution in [-0.4, -0.2) is 21.3 Å². The Morgan fingerprint density at radius 3 is 2.71 bits per heavy atom. The van der Waals surface area contributed by atoms with Crippen molar-refractivity contribution in [2.45, 2.75) is 46.3 Å². The van der Waals surface area contributed by atoms with Crippen molar-refractivity contribution in [2.75, 3.05) is 0 Å². The number of aryl methyl sites for hydroxylation is 1. The van der Waals surface area contributed by atoms with Crippen LogP contribution in [0, 0.1) is 0 Å². The van der Waals surface area contributed by atoms with E-state index in [1.165, 1.54) is 13.8 Å². The van der Waals surface area contributed by atoms with Crippen LogP contribution in [0.4, 0.5) is 0 Å². The lowest BCUT2D eigenvalue weighted by Crippen LogP contribution is -2.23. The van der Waals surface area contributed by atoms with Crippen LogP contribution in [0.5, 0.6) is 0 Å². The minimum absolute atomic E-state index is 0.212. The van der Waals surface area contributed by atoms with Crippen LogP contribution >= 0.6 is 0 Å². The zero-order chi connectivity index (χ0) is 12.8. The van der Waals surface area contributed by atoms with Gasteiger partial charge in [0.05, 0.1) is 0 Å². The van der Waals surface area contributed by atoms with Crippen molar-refractivity contribution in [3.05, 3.63) is 18.2 Å². The van der Waals surface area contributed by atoms with Crippen LogP contribution < -0.4 is 0 Å². The first-order chi connectivity index (χ1) is 8.06. The third-order valence-electron chi connectivity index (χ3n) is 2.38. The van der Waals surface area contributed by atoms with Crippen molar-refractivity contribution in [1.29, 1.82) is 0 Å². The molecule has 1 heterocycles. The van der Waals surface area contributed by atoms with Gasteiger partial charge in [-0.2, -0.15) is 0 Å². The summed E-state index contributed by atoms with van der Waals surface area (Å²) in [6.45, 7) is 4.78. The molecule has 5 heteroatoms. The van der Waals surface area contributed by atoms with Gasteiger partial charge in [-0.3, -0.25) is 14.2 Å². The first kappa shape index (κ1) is 13.4. The molecular weight excluding hydrogens is 220 g/mol. The molecule has 0 aliphatic heterocycles. The van der Waals surface area contributed by atoms with Gasteiger partial charge in [-0.25, -0.2) is 4.98 Å². The number of unbranched alkanes of at least 4 members (excludes halogenated alkanes) is 1. The third kappa shape index (κ3) is 3.69. The van der Waals surface area contributed by atoms with Gasteiger partial charge in [0, 0.05) is 32.7 Å². The molecule has 1 rings (SSSR count). The number of esters is 1. The molecule has 94 valence electrons. The molecule has 0 bridgehead atoms. The van der Waals surface area contributed by atoms with E-state index in [0.717, 1.165) is 25.1 Å². The molecule has 0 fully saturated rings. The Labute approximate surface area is 101 Å². The van der Waals surface area contributed by atoms with Gasteiger partial charge >= 0.3 is 5.97 Å². The number of rotatable bonds is 6. The summed E-state index contributed by atoms with van der Waals surface area (Å²) in [6, 6.07) is 0. The molecule has 0 amide bonds. The molecule has 0 aliphatic carbocycles. The first-order valence-electron chi connectivity index (χ1n) is 5.75. The van der Waals surface area contributed by atoms with Crippen LogP contribution in [-0.2, 0) is 20.7 Å². The zero-order valence-electron chi connectivity index (χ0n) is 10.5. The number of carbonyl (C=O) groups is 2. The molecule has 1 unspecified atom stereocenters. The highest BCUT2D eigenvalue weighted by Gasteiger charge is 2.21. The molecule has 17 heavy (non-hydrogen) atoms. The molecule has 0 spiro atoms. The summed E-state index contributed by atoms with van der Waals surface area (Å²) in [6.07, 6.45) is 5.20. The summed E-state index contributed by atoms with van der Waals surface area (Å²) in [7, 11) is 0.